The predicted molar refractivity (Wildman–Crippen MR) is 137 cm³/mol. The van der Waals surface area contributed by atoms with Crippen molar-refractivity contribution >= 4 is 17.8 Å². The second-order valence-corrected chi connectivity index (χ2v) is 9.61. The Labute approximate surface area is 221 Å². The summed E-state index contributed by atoms with van der Waals surface area (Å²) in [4.78, 5) is 33.9. The first-order chi connectivity index (χ1) is 17.9. The zero-order valence-electron chi connectivity index (χ0n) is 21.8. The predicted octanol–water partition coefficient (Wildman–Crippen LogP) is 3.72. The maximum absolute atomic E-state index is 13.5. The highest BCUT2D eigenvalue weighted by Gasteiger charge is 2.41. The molecule has 38 heavy (non-hydrogen) atoms. The van der Waals surface area contributed by atoms with E-state index in [9.17, 15) is 18.7 Å². The van der Waals surface area contributed by atoms with Crippen LogP contribution >= 0.6 is 0 Å². The fraction of sp³-hybridized carbons (Fsp3) is 0.464. The molecule has 10 heteroatoms. The summed E-state index contributed by atoms with van der Waals surface area (Å²) in [5.74, 6) is -4.22. The molecule has 0 radical (unpaired) electrons. The fourth-order valence-corrected chi connectivity index (χ4v) is 4.63. The molecule has 1 fully saturated rings. The monoisotopic (exact) mass is 534 g/mol. The number of amides is 1. The summed E-state index contributed by atoms with van der Waals surface area (Å²) >= 11 is 0. The Morgan fingerprint density at radius 2 is 1.29 bits per heavy atom. The zero-order chi connectivity index (χ0) is 28.3. The van der Waals surface area contributed by atoms with Crippen LogP contribution in [0.25, 0.3) is 0 Å². The first-order valence-electron chi connectivity index (χ1n) is 12.6. The van der Waals surface area contributed by atoms with Crippen LogP contribution in [0.4, 0.5) is 8.78 Å². The van der Waals surface area contributed by atoms with E-state index in [4.69, 9.17) is 19.8 Å². The Morgan fingerprint density at radius 3 is 1.68 bits per heavy atom. The second kappa shape index (κ2) is 14.5. The molecule has 3 N–H and O–H groups in total. The van der Waals surface area contributed by atoms with E-state index in [2.05, 4.69) is 4.90 Å². The van der Waals surface area contributed by atoms with Crippen molar-refractivity contribution in [2.24, 2.45) is 5.92 Å². The van der Waals surface area contributed by atoms with E-state index in [1.165, 1.54) is 24.3 Å². The number of nitrogens with zero attached hydrogens (tertiary/aromatic N) is 2. The number of carboxylic acid groups (broad SMARTS) is 2. The first kappa shape index (κ1) is 30.9. The Bertz CT molecular complexity index is 995. The van der Waals surface area contributed by atoms with Gasteiger partial charge in [0.25, 0.3) is 0 Å². The van der Waals surface area contributed by atoms with Gasteiger partial charge in [-0.05, 0) is 86.6 Å². The van der Waals surface area contributed by atoms with Crippen molar-refractivity contribution in [3.05, 3.63) is 71.3 Å². The Balaban J connectivity index is 0.000000757. The summed E-state index contributed by atoms with van der Waals surface area (Å²) < 4.78 is 27.0. The Hall–Kier alpha value is -3.37. The average molecular weight is 535 g/mol. The molecule has 1 aliphatic rings. The third-order valence-electron chi connectivity index (χ3n) is 6.79. The number of unbranched alkanes of at least 4 members (excludes halogenated alkanes) is 2. The molecule has 1 saturated heterocycles. The fourth-order valence-electron chi connectivity index (χ4n) is 4.63. The van der Waals surface area contributed by atoms with Crippen LogP contribution in [0.1, 0.15) is 49.7 Å². The molecule has 3 rings (SSSR count). The highest BCUT2D eigenvalue weighted by molar-refractivity contribution is 6.27. The van der Waals surface area contributed by atoms with E-state index >= 15 is 0 Å². The summed E-state index contributed by atoms with van der Waals surface area (Å²) in [6.07, 6.45) is 5.16. The van der Waals surface area contributed by atoms with Crippen LogP contribution in [0.15, 0.2) is 48.5 Å². The third kappa shape index (κ3) is 8.88. The topological polar surface area (TPSA) is 118 Å². The van der Waals surface area contributed by atoms with Crippen molar-refractivity contribution in [1.29, 1.82) is 0 Å². The Kier molecular flexibility index (Phi) is 11.8. The third-order valence-corrected chi connectivity index (χ3v) is 6.79. The maximum Gasteiger partial charge on any atom is 0.414 e. The number of carbonyl (C=O) groups excluding carboxylic acids is 1. The van der Waals surface area contributed by atoms with Gasteiger partial charge in [-0.2, -0.15) is 0 Å². The van der Waals surface area contributed by atoms with E-state index < -0.39 is 17.5 Å². The number of aliphatic carboxylic acids is 2. The molecule has 1 aliphatic heterocycles. The standard InChI is InChI=1S/C26H34F2N2O2.C2H2O4/c1-29(2)25(31)6-4-3-5-17-30-18-15-22(16-19-30)26(32,20-7-11-23(27)12-8-20)21-9-13-24(28)14-10-21;3-1(4)2(5)6/h7-14,22,32H,3-6,15-19H2,1-2H3;(H,3,4)(H,5,6). The highest BCUT2D eigenvalue weighted by Crippen LogP contribution is 2.42. The number of hydrogen-bond acceptors (Lipinski definition) is 5. The van der Waals surface area contributed by atoms with Gasteiger partial charge in [-0.1, -0.05) is 30.7 Å². The number of carbonyl (C=O) groups is 3. The van der Waals surface area contributed by atoms with Gasteiger partial charge in [0.1, 0.15) is 17.2 Å². The van der Waals surface area contributed by atoms with Crippen molar-refractivity contribution in [1.82, 2.24) is 9.80 Å². The molecule has 0 aliphatic carbocycles. The lowest BCUT2D eigenvalue weighted by Crippen LogP contribution is -2.44. The van der Waals surface area contributed by atoms with Gasteiger partial charge < -0.3 is 25.1 Å². The minimum Gasteiger partial charge on any atom is -0.473 e. The lowest BCUT2D eigenvalue weighted by atomic mass is 9.72. The van der Waals surface area contributed by atoms with Gasteiger partial charge in [-0.15, -0.1) is 0 Å². The number of rotatable bonds is 9. The molecule has 0 unspecified atom stereocenters. The first-order valence-corrected chi connectivity index (χ1v) is 12.6. The van der Waals surface area contributed by atoms with Gasteiger partial charge >= 0.3 is 11.9 Å². The van der Waals surface area contributed by atoms with Gasteiger partial charge in [-0.25, -0.2) is 18.4 Å². The SMILES string of the molecule is CN(C)C(=O)CCCCCN1CCC(C(O)(c2ccc(F)cc2)c2ccc(F)cc2)CC1.O=C(O)C(=O)O. The van der Waals surface area contributed by atoms with E-state index in [-0.39, 0.29) is 23.5 Å². The van der Waals surface area contributed by atoms with Crippen molar-refractivity contribution in [2.75, 3.05) is 33.7 Å². The summed E-state index contributed by atoms with van der Waals surface area (Å²) in [6, 6.07) is 11.9. The average Bonchev–Trinajstić information content (AvgIpc) is 2.89. The minimum atomic E-state index is -1.82. The summed E-state index contributed by atoms with van der Waals surface area (Å²) in [5.41, 5.74) is -0.0240. The normalized spacial score (nSPS) is 14.3. The van der Waals surface area contributed by atoms with Crippen molar-refractivity contribution in [3.63, 3.8) is 0 Å². The van der Waals surface area contributed by atoms with Crippen LogP contribution in [-0.2, 0) is 20.0 Å². The summed E-state index contributed by atoms with van der Waals surface area (Å²) in [7, 11) is 3.57. The largest absolute Gasteiger partial charge is 0.473 e. The van der Waals surface area contributed by atoms with Crippen LogP contribution < -0.4 is 0 Å². The van der Waals surface area contributed by atoms with E-state index in [1.807, 2.05) is 0 Å². The molecule has 0 aromatic heterocycles. The van der Waals surface area contributed by atoms with Gasteiger partial charge in [0.05, 0.1) is 0 Å². The molecule has 0 bridgehead atoms. The molecular weight excluding hydrogens is 498 g/mol. The van der Waals surface area contributed by atoms with Gasteiger partial charge in [0, 0.05) is 20.5 Å². The lowest BCUT2D eigenvalue weighted by molar-refractivity contribution is -0.159. The maximum atomic E-state index is 13.5. The number of aliphatic hydroxyl groups is 1. The van der Waals surface area contributed by atoms with Crippen molar-refractivity contribution in [2.45, 2.75) is 44.1 Å². The number of likely N-dealkylation sites (tertiary alicyclic amines) is 1. The second-order valence-electron chi connectivity index (χ2n) is 9.61. The van der Waals surface area contributed by atoms with Gasteiger partial charge in [0.15, 0.2) is 0 Å². The minimum absolute atomic E-state index is 0.0487. The molecule has 2 aromatic rings. The quantitative estimate of drug-likeness (QED) is 0.332. The number of carboxylic acids is 2. The van der Waals surface area contributed by atoms with Crippen LogP contribution in [0, 0.1) is 17.6 Å². The van der Waals surface area contributed by atoms with Crippen molar-refractivity contribution < 1.29 is 38.5 Å². The highest BCUT2D eigenvalue weighted by atomic mass is 19.1. The van der Waals surface area contributed by atoms with Crippen molar-refractivity contribution in [3.8, 4) is 0 Å². The lowest BCUT2D eigenvalue weighted by Gasteiger charge is -2.42. The molecule has 1 heterocycles. The molecule has 208 valence electrons. The van der Waals surface area contributed by atoms with E-state index in [0.717, 1.165) is 51.7 Å². The van der Waals surface area contributed by atoms with Gasteiger partial charge in [-0.3, -0.25) is 4.79 Å². The Morgan fingerprint density at radius 1 is 0.842 bits per heavy atom. The summed E-state index contributed by atoms with van der Waals surface area (Å²) in [5, 5.41) is 26.7. The van der Waals surface area contributed by atoms with Crippen LogP contribution in [0.3, 0.4) is 0 Å². The number of benzene rings is 2. The molecule has 0 atom stereocenters. The van der Waals surface area contributed by atoms with E-state index in [1.54, 1.807) is 43.3 Å². The number of piperidine rings is 1. The number of halogens is 2. The number of hydrogen-bond donors (Lipinski definition) is 3. The summed E-state index contributed by atoms with van der Waals surface area (Å²) in [6.45, 7) is 2.71. The van der Waals surface area contributed by atoms with Crippen LogP contribution in [-0.4, -0.2) is 76.7 Å². The molecule has 0 spiro atoms. The molecule has 0 saturated carbocycles. The van der Waals surface area contributed by atoms with Crippen LogP contribution in [0.2, 0.25) is 0 Å². The smallest absolute Gasteiger partial charge is 0.414 e. The zero-order valence-corrected chi connectivity index (χ0v) is 21.8. The molecule has 8 nitrogen and oxygen atoms in total. The van der Waals surface area contributed by atoms with Gasteiger partial charge in [0.2, 0.25) is 5.91 Å². The molecule has 1 amide bonds. The van der Waals surface area contributed by atoms with Crippen LogP contribution in [0.5, 0.6) is 0 Å². The molecular formula is C28H36F2N2O6. The van der Waals surface area contributed by atoms with E-state index in [0.29, 0.717) is 17.5 Å². The molecule has 2 aromatic carbocycles.